The van der Waals surface area contributed by atoms with Gasteiger partial charge in [-0.1, -0.05) is 0 Å². The highest BCUT2D eigenvalue weighted by atomic mass is 16.4. The average Bonchev–Trinajstić information content (AvgIpc) is 2.00. The van der Waals surface area contributed by atoms with Crippen LogP contribution in [0.4, 0.5) is 0 Å². The summed E-state index contributed by atoms with van der Waals surface area (Å²) in [6.45, 7) is -1.54. The minimum Gasteiger partial charge on any atom is -0.412 e. The third-order valence-corrected chi connectivity index (χ3v) is 1.04. The number of hydrogen-bond acceptors (Lipinski definition) is 5. The molecule has 0 heterocycles. The highest BCUT2D eigenvalue weighted by molar-refractivity contribution is 5.84. The molecule has 6 nitrogen and oxygen atoms in total. The molecule has 0 aliphatic rings. The first-order valence-corrected chi connectivity index (χ1v) is 2.74. The quantitative estimate of drug-likeness (QED) is 0.345. The first kappa shape index (κ1) is 13.1. The van der Waals surface area contributed by atoms with Gasteiger partial charge in [-0.05, 0) is 0 Å². The van der Waals surface area contributed by atoms with E-state index in [4.69, 9.17) is 20.4 Å². The molecule has 0 aliphatic carbocycles. The molecular formula is C5H12O6. The molecule has 0 unspecified atom stereocenters. The molecule has 0 amide bonds. The molecule has 0 saturated carbocycles. The van der Waals surface area contributed by atoms with Crippen molar-refractivity contribution in [1.82, 2.24) is 0 Å². The maximum Gasteiger partial charge on any atom is 0.189 e. The molecule has 11 heavy (non-hydrogen) atoms. The molecule has 0 aromatic carbocycles. The van der Waals surface area contributed by atoms with Gasteiger partial charge in [-0.3, -0.25) is 4.79 Å². The number of carbonyl (C=O) groups is 1. The van der Waals surface area contributed by atoms with Crippen LogP contribution in [0.5, 0.6) is 0 Å². The van der Waals surface area contributed by atoms with Crippen LogP contribution in [-0.2, 0) is 4.79 Å². The van der Waals surface area contributed by atoms with E-state index in [1.54, 1.807) is 0 Å². The number of rotatable bonds is 4. The Morgan fingerprint density at radius 1 is 1.27 bits per heavy atom. The smallest absolute Gasteiger partial charge is 0.189 e. The van der Waals surface area contributed by atoms with Gasteiger partial charge in [0.15, 0.2) is 5.78 Å². The molecule has 6 heteroatoms. The van der Waals surface area contributed by atoms with Gasteiger partial charge in [0, 0.05) is 0 Å². The van der Waals surface area contributed by atoms with E-state index in [1.165, 1.54) is 0 Å². The Balaban J connectivity index is 0. The summed E-state index contributed by atoms with van der Waals surface area (Å²) >= 11 is 0. The lowest BCUT2D eigenvalue weighted by molar-refractivity contribution is -0.137. The van der Waals surface area contributed by atoms with Crippen molar-refractivity contribution in [3.05, 3.63) is 0 Å². The maximum atomic E-state index is 10.3. The summed E-state index contributed by atoms with van der Waals surface area (Å²) in [5.41, 5.74) is 0. The number of ketones is 1. The van der Waals surface area contributed by atoms with Gasteiger partial charge in [0.25, 0.3) is 0 Å². The van der Waals surface area contributed by atoms with Gasteiger partial charge in [0.1, 0.15) is 18.8 Å². The van der Waals surface area contributed by atoms with Gasteiger partial charge in [-0.25, -0.2) is 0 Å². The zero-order valence-corrected chi connectivity index (χ0v) is 5.77. The lowest BCUT2D eigenvalue weighted by Crippen LogP contribution is -2.37. The summed E-state index contributed by atoms with van der Waals surface area (Å²) in [6, 6.07) is 0. The summed E-state index contributed by atoms with van der Waals surface area (Å²) < 4.78 is 0. The summed E-state index contributed by atoms with van der Waals surface area (Å²) in [5, 5.41) is 33.6. The number of hydrogen-bond donors (Lipinski definition) is 4. The molecule has 68 valence electrons. The zero-order chi connectivity index (χ0) is 8.15. The van der Waals surface area contributed by atoms with Gasteiger partial charge >= 0.3 is 0 Å². The average molecular weight is 168 g/mol. The maximum absolute atomic E-state index is 10.3. The predicted octanol–water partition coefficient (Wildman–Crippen LogP) is -3.56. The van der Waals surface area contributed by atoms with E-state index in [-0.39, 0.29) is 5.48 Å². The Morgan fingerprint density at radius 2 is 1.73 bits per heavy atom. The third kappa shape index (κ3) is 4.02. The standard InChI is InChI=1S/C5H10O5.H2O/c6-1-3(8)5(10)4(9)2-7;/h3,5-8,10H,1-2H2;1H2/t3-,5-;/m1./s1. The Labute approximate surface area is 63.0 Å². The van der Waals surface area contributed by atoms with Crippen molar-refractivity contribution in [1.29, 1.82) is 0 Å². The van der Waals surface area contributed by atoms with Crippen molar-refractivity contribution in [2.45, 2.75) is 12.2 Å². The first-order valence-electron chi connectivity index (χ1n) is 2.74. The van der Waals surface area contributed by atoms with Crippen molar-refractivity contribution in [2.75, 3.05) is 13.2 Å². The molecule has 0 radical (unpaired) electrons. The zero-order valence-electron chi connectivity index (χ0n) is 5.77. The molecule has 6 N–H and O–H groups in total. The summed E-state index contributed by atoms with van der Waals surface area (Å²) in [4.78, 5) is 10.3. The Hall–Kier alpha value is -0.530. The van der Waals surface area contributed by atoms with Crippen molar-refractivity contribution in [3.63, 3.8) is 0 Å². The van der Waals surface area contributed by atoms with Gasteiger partial charge in [-0.15, -0.1) is 0 Å². The Morgan fingerprint density at radius 3 is 2.00 bits per heavy atom. The summed E-state index contributed by atoms with van der Waals surface area (Å²) in [6.07, 6.45) is -3.19. The van der Waals surface area contributed by atoms with Crippen molar-refractivity contribution < 1.29 is 30.7 Å². The van der Waals surface area contributed by atoms with Crippen LogP contribution < -0.4 is 0 Å². The molecule has 0 aromatic rings. The van der Waals surface area contributed by atoms with Crippen LogP contribution in [0.25, 0.3) is 0 Å². The van der Waals surface area contributed by atoms with Gasteiger partial charge in [0.05, 0.1) is 6.61 Å². The largest absolute Gasteiger partial charge is 0.412 e. The van der Waals surface area contributed by atoms with Crippen LogP contribution in [0.2, 0.25) is 0 Å². The van der Waals surface area contributed by atoms with E-state index in [2.05, 4.69) is 0 Å². The number of aliphatic hydroxyl groups is 4. The highest BCUT2D eigenvalue weighted by Gasteiger charge is 2.21. The Bertz CT molecular complexity index is 114. The summed E-state index contributed by atoms with van der Waals surface area (Å²) in [7, 11) is 0. The van der Waals surface area contributed by atoms with E-state index >= 15 is 0 Å². The van der Waals surface area contributed by atoms with E-state index in [9.17, 15) is 4.79 Å². The fourth-order valence-electron chi connectivity index (χ4n) is 0.408. The van der Waals surface area contributed by atoms with E-state index in [0.717, 1.165) is 0 Å². The minimum absolute atomic E-state index is 0. The molecule has 0 bridgehead atoms. The predicted molar refractivity (Wildman–Crippen MR) is 34.8 cm³/mol. The first-order chi connectivity index (χ1) is 4.63. The molecule has 0 rings (SSSR count). The van der Waals surface area contributed by atoms with Crippen molar-refractivity contribution in [3.8, 4) is 0 Å². The van der Waals surface area contributed by atoms with Gasteiger partial charge in [-0.2, -0.15) is 0 Å². The monoisotopic (exact) mass is 168 g/mol. The minimum atomic E-state index is -1.69. The van der Waals surface area contributed by atoms with Crippen LogP contribution in [0.3, 0.4) is 0 Å². The fraction of sp³-hybridized carbons (Fsp3) is 0.800. The molecule has 0 aromatic heterocycles. The second kappa shape index (κ2) is 6.20. The number of carbonyl (C=O) groups excluding carboxylic acids is 1. The molecule has 0 fully saturated rings. The fourth-order valence-corrected chi connectivity index (χ4v) is 0.408. The number of aliphatic hydroxyl groups excluding tert-OH is 4. The molecular weight excluding hydrogens is 156 g/mol. The van der Waals surface area contributed by atoms with Crippen LogP contribution in [0.15, 0.2) is 0 Å². The lowest BCUT2D eigenvalue weighted by Gasteiger charge is -2.11. The van der Waals surface area contributed by atoms with E-state index < -0.39 is 31.2 Å². The Kier molecular flexibility index (Phi) is 7.37. The highest BCUT2D eigenvalue weighted by Crippen LogP contribution is 1.92. The van der Waals surface area contributed by atoms with Crippen molar-refractivity contribution in [2.24, 2.45) is 0 Å². The van der Waals surface area contributed by atoms with Crippen LogP contribution in [0, 0.1) is 0 Å². The lowest BCUT2D eigenvalue weighted by atomic mass is 10.1. The van der Waals surface area contributed by atoms with Gasteiger partial charge < -0.3 is 25.9 Å². The second-order valence-electron chi connectivity index (χ2n) is 1.82. The normalized spacial score (nSPS) is 14.9. The molecule has 2 atom stereocenters. The molecule has 0 saturated heterocycles. The molecule has 0 aliphatic heterocycles. The molecule has 0 spiro atoms. The second-order valence-corrected chi connectivity index (χ2v) is 1.82. The van der Waals surface area contributed by atoms with E-state index in [1.807, 2.05) is 0 Å². The summed E-state index contributed by atoms with van der Waals surface area (Å²) in [5.74, 6) is -0.901. The van der Waals surface area contributed by atoms with E-state index in [0.29, 0.717) is 0 Å². The van der Waals surface area contributed by atoms with Crippen LogP contribution >= 0.6 is 0 Å². The topological polar surface area (TPSA) is 129 Å². The van der Waals surface area contributed by atoms with Crippen LogP contribution in [-0.4, -0.2) is 57.1 Å². The van der Waals surface area contributed by atoms with Crippen LogP contribution in [0.1, 0.15) is 0 Å². The van der Waals surface area contributed by atoms with Gasteiger partial charge in [0.2, 0.25) is 0 Å². The number of Topliss-reactive ketones (excluding diaryl/α,β-unsaturated/α-hetero) is 1. The SMILES string of the molecule is O.O=C(CO)[C@H](O)[C@H](O)CO. The third-order valence-electron chi connectivity index (χ3n) is 1.04. The van der Waals surface area contributed by atoms with Crippen molar-refractivity contribution >= 4 is 5.78 Å².